The summed E-state index contributed by atoms with van der Waals surface area (Å²) >= 11 is 0. The van der Waals surface area contributed by atoms with Gasteiger partial charge in [-0.05, 0) is 31.0 Å². The van der Waals surface area contributed by atoms with Crippen LogP contribution in [0.25, 0.3) is 16.6 Å². The summed E-state index contributed by atoms with van der Waals surface area (Å²) in [7, 11) is 1.62. The first-order valence-electron chi connectivity index (χ1n) is 10.8. The van der Waals surface area contributed by atoms with Crippen LogP contribution in [-0.4, -0.2) is 45.6 Å². The highest BCUT2D eigenvalue weighted by Crippen LogP contribution is 2.31. The summed E-state index contributed by atoms with van der Waals surface area (Å²) in [5.74, 6) is -1.90. The Hall–Kier alpha value is -3.61. The van der Waals surface area contributed by atoms with Crippen LogP contribution in [-0.2, 0) is 7.05 Å². The Morgan fingerprint density at radius 1 is 1.15 bits per heavy atom. The van der Waals surface area contributed by atoms with E-state index in [0.29, 0.717) is 27.9 Å². The van der Waals surface area contributed by atoms with Gasteiger partial charge in [-0.2, -0.15) is 5.26 Å². The molecule has 0 radical (unpaired) electrons. The number of benzene rings is 2. The van der Waals surface area contributed by atoms with Gasteiger partial charge in [-0.15, -0.1) is 0 Å². The van der Waals surface area contributed by atoms with Crippen molar-refractivity contribution in [1.29, 1.82) is 5.26 Å². The summed E-state index contributed by atoms with van der Waals surface area (Å²) in [6.07, 6.45) is 4.53. The molecule has 0 saturated carbocycles. The van der Waals surface area contributed by atoms with Crippen LogP contribution < -0.4 is 11.1 Å². The maximum absolute atomic E-state index is 15.3. The minimum Gasteiger partial charge on any atom is -0.357 e. The average molecular weight is 447 g/mol. The first-order valence-corrected chi connectivity index (χ1v) is 10.8. The van der Waals surface area contributed by atoms with Crippen LogP contribution in [0.2, 0.25) is 0 Å². The highest BCUT2D eigenvalue weighted by molar-refractivity contribution is 6.32. The predicted octanol–water partition coefficient (Wildman–Crippen LogP) is 2.86. The van der Waals surface area contributed by atoms with Crippen molar-refractivity contribution in [3.63, 3.8) is 0 Å². The van der Waals surface area contributed by atoms with Gasteiger partial charge in [0.15, 0.2) is 17.9 Å². The van der Waals surface area contributed by atoms with Crippen molar-refractivity contribution in [2.75, 3.05) is 13.1 Å². The third kappa shape index (κ3) is 3.77. The molecule has 0 aliphatic carbocycles. The molecular weight excluding hydrogens is 424 g/mol. The second kappa shape index (κ2) is 8.39. The lowest BCUT2D eigenvalue weighted by molar-refractivity contribution is 0.143. The van der Waals surface area contributed by atoms with E-state index in [9.17, 15) is 4.39 Å². The minimum atomic E-state index is -0.956. The van der Waals surface area contributed by atoms with Crippen molar-refractivity contribution in [2.24, 2.45) is 17.8 Å². The van der Waals surface area contributed by atoms with Gasteiger partial charge in [0.1, 0.15) is 5.52 Å². The third-order valence-electron chi connectivity index (χ3n) is 6.26. The number of aliphatic imine (C=N–C) groups is 1. The first kappa shape index (κ1) is 21.2. The fourth-order valence-electron chi connectivity index (χ4n) is 4.38. The lowest BCUT2D eigenvalue weighted by Gasteiger charge is -2.36. The maximum Gasteiger partial charge on any atom is 0.185 e. The molecule has 7 nitrogen and oxygen atoms in total. The van der Waals surface area contributed by atoms with Crippen LogP contribution in [0.1, 0.15) is 29.5 Å². The molecule has 0 amide bonds. The van der Waals surface area contributed by atoms with Gasteiger partial charge in [0.05, 0.1) is 29.2 Å². The van der Waals surface area contributed by atoms with E-state index in [2.05, 4.69) is 21.3 Å². The Bertz CT molecular complexity index is 1310. The Morgan fingerprint density at radius 3 is 2.58 bits per heavy atom. The molecule has 2 aliphatic heterocycles. The molecule has 2 aromatic carbocycles. The fourth-order valence-corrected chi connectivity index (χ4v) is 4.38. The number of imidazole rings is 1. The first-order chi connectivity index (χ1) is 16.0. The molecule has 2 aliphatic rings. The number of halogens is 2. The third-order valence-corrected chi connectivity index (χ3v) is 6.26. The van der Waals surface area contributed by atoms with Crippen LogP contribution in [0.4, 0.5) is 8.78 Å². The molecule has 3 heterocycles. The van der Waals surface area contributed by atoms with E-state index in [1.54, 1.807) is 43.6 Å². The molecule has 33 heavy (non-hydrogen) atoms. The van der Waals surface area contributed by atoms with Crippen LogP contribution in [0.5, 0.6) is 0 Å². The molecule has 5 rings (SSSR count). The van der Waals surface area contributed by atoms with Crippen molar-refractivity contribution in [1.82, 2.24) is 19.8 Å². The normalized spacial score (nSPS) is 19.7. The Morgan fingerprint density at radius 2 is 1.88 bits per heavy atom. The minimum absolute atomic E-state index is 0.0772. The molecule has 3 N–H and O–H groups in total. The number of nitrogens with two attached hydrogens (primary N) is 1. The van der Waals surface area contributed by atoms with Crippen molar-refractivity contribution < 1.29 is 8.78 Å². The Balaban J connectivity index is 1.60. The lowest BCUT2D eigenvalue weighted by Crippen LogP contribution is -2.50. The highest BCUT2D eigenvalue weighted by Gasteiger charge is 2.29. The van der Waals surface area contributed by atoms with Crippen LogP contribution in [0.3, 0.4) is 0 Å². The standard InChI is InChI=1S/C24H23F2N7/c1-32-13-30-19-10-17(20(25)21(26)23(19)32)18-12-29-24(33-8-6-16(28)7-9-33)31-22(18)15-4-2-14(11-27)3-5-15/h2-5,10,12-13,16,24,29H,6-9,28H2,1H3. The number of fused-ring (bicyclic) bond motifs is 1. The van der Waals surface area contributed by atoms with Gasteiger partial charge in [-0.25, -0.2) is 18.8 Å². The van der Waals surface area contributed by atoms with E-state index in [-0.39, 0.29) is 23.4 Å². The monoisotopic (exact) mass is 447 g/mol. The SMILES string of the molecule is Cn1cnc2cc(C3=CNC(N4CCC(N)CC4)N=C3c3ccc(C#N)cc3)c(F)c(F)c21. The molecule has 1 unspecified atom stereocenters. The molecule has 1 saturated heterocycles. The second-order valence-electron chi connectivity index (χ2n) is 8.41. The molecule has 1 aromatic heterocycles. The number of nitrogens with one attached hydrogen (secondary N) is 1. The largest absolute Gasteiger partial charge is 0.357 e. The topological polar surface area (TPSA) is 95.3 Å². The van der Waals surface area contributed by atoms with E-state index in [1.807, 2.05) is 0 Å². The number of likely N-dealkylation sites (tertiary alicyclic amines) is 1. The van der Waals surface area contributed by atoms with E-state index >= 15 is 4.39 Å². The molecule has 1 atom stereocenters. The van der Waals surface area contributed by atoms with Crippen molar-refractivity contribution in [3.8, 4) is 6.07 Å². The lowest BCUT2D eigenvalue weighted by atomic mass is 9.94. The summed E-state index contributed by atoms with van der Waals surface area (Å²) in [4.78, 5) is 11.3. The smallest absolute Gasteiger partial charge is 0.185 e. The summed E-state index contributed by atoms with van der Waals surface area (Å²) in [6.45, 7) is 1.57. The van der Waals surface area contributed by atoms with Gasteiger partial charge in [-0.1, -0.05) is 12.1 Å². The van der Waals surface area contributed by atoms with Gasteiger partial charge < -0.3 is 15.6 Å². The maximum atomic E-state index is 15.3. The number of allylic oxidation sites excluding steroid dienone is 1. The van der Waals surface area contributed by atoms with Crippen LogP contribution in [0, 0.1) is 23.0 Å². The molecule has 9 heteroatoms. The number of piperidine rings is 1. The summed E-state index contributed by atoms with van der Waals surface area (Å²) < 4.78 is 31.7. The quantitative estimate of drug-likeness (QED) is 0.644. The van der Waals surface area contributed by atoms with E-state index in [4.69, 9.17) is 16.0 Å². The van der Waals surface area contributed by atoms with Gasteiger partial charge >= 0.3 is 0 Å². The predicted molar refractivity (Wildman–Crippen MR) is 122 cm³/mol. The number of aromatic nitrogens is 2. The second-order valence-corrected chi connectivity index (χ2v) is 8.41. The number of hydrogen-bond acceptors (Lipinski definition) is 6. The van der Waals surface area contributed by atoms with E-state index in [0.717, 1.165) is 25.9 Å². The molecule has 3 aromatic rings. The fraction of sp³-hybridized carbons (Fsp3) is 0.292. The molecule has 0 spiro atoms. The van der Waals surface area contributed by atoms with Crippen LogP contribution in [0.15, 0.2) is 47.9 Å². The van der Waals surface area contributed by atoms with Crippen molar-refractivity contribution in [3.05, 3.63) is 71.2 Å². The number of hydrogen-bond donors (Lipinski definition) is 2. The van der Waals surface area contributed by atoms with Crippen molar-refractivity contribution in [2.45, 2.75) is 25.2 Å². The van der Waals surface area contributed by atoms with Crippen LogP contribution >= 0.6 is 0 Å². The van der Waals surface area contributed by atoms with Gasteiger partial charge in [0.25, 0.3) is 0 Å². The number of nitriles is 1. The number of nitrogens with zero attached hydrogens (tertiary/aromatic N) is 5. The highest BCUT2D eigenvalue weighted by atomic mass is 19.2. The molecule has 0 bridgehead atoms. The van der Waals surface area contributed by atoms with E-state index in [1.165, 1.54) is 10.9 Å². The molecule has 1 fully saturated rings. The number of aryl methyl sites for hydroxylation is 1. The zero-order valence-electron chi connectivity index (χ0n) is 18.1. The van der Waals surface area contributed by atoms with Crippen molar-refractivity contribution >= 4 is 22.3 Å². The Labute approximate surface area is 189 Å². The molecular formula is C24H23F2N7. The van der Waals surface area contributed by atoms with Gasteiger partial charge in [0, 0.05) is 49.1 Å². The van der Waals surface area contributed by atoms with Gasteiger partial charge in [0.2, 0.25) is 0 Å². The zero-order chi connectivity index (χ0) is 23.1. The van der Waals surface area contributed by atoms with Gasteiger partial charge in [-0.3, -0.25) is 4.90 Å². The average Bonchev–Trinajstić information content (AvgIpc) is 3.22. The Kier molecular flexibility index (Phi) is 5.40. The summed E-state index contributed by atoms with van der Waals surface area (Å²) in [5, 5.41) is 12.4. The molecule has 168 valence electrons. The van der Waals surface area contributed by atoms with E-state index < -0.39 is 11.6 Å². The zero-order valence-corrected chi connectivity index (χ0v) is 18.1. The summed E-state index contributed by atoms with van der Waals surface area (Å²) in [5.41, 5.74) is 8.75. The number of rotatable bonds is 3. The summed E-state index contributed by atoms with van der Waals surface area (Å²) in [6, 6.07) is 10.7.